The maximum atomic E-state index is 12.8. The van der Waals surface area contributed by atoms with E-state index in [9.17, 15) is 4.79 Å². The van der Waals surface area contributed by atoms with Crippen LogP contribution in [-0.2, 0) is 7.05 Å². The maximum Gasteiger partial charge on any atom is 0.259 e. The van der Waals surface area contributed by atoms with E-state index in [0.29, 0.717) is 22.8 Å². The molecule has 26 heavy (non-hydrogen) atoms. The van der Waals surface area contributed by atoms with Gasteiger partial charge >= 0.3 is 0 Å². The standard InChI is InChI=1S/C18H27N7O/c1-12-15(13(2)24(5)22-12)17(26)20-14-11-19-18(21-16(14)23(3)4)25-9-7-6-8-10-25/h11H,6-10H2,1-5H3,(H,20,26). The summed E-state index contributed by atoms with van der Waals surface area (Å²) in [4.78, 5) is 26.1. The monoisotopic (exact) mass is 357 g/mol. The second-order valence-corrected chi connectivity index (χ2v) is 6.97. The normalized spacial score (nSPS) is 14.4. The largest absolute Gasteiger partial charge is 0.361 e. The molecular formula is C18H27N7O. The van der Waals surface area contributed by atoms with Gasteiger partial charge in [0.15, 0.2) is 5.82 Å². The topological polar surface area (TPSA) is 79.2 Å². The zero-order valence-electron chi connectivity index (χ0n) is 16.2. The number of carbonyl (C=O) groups is 1. The first kappa shape index (κ1) is 18.2. The molecule has 3 heterocycles. The van der Waals surface area contributed by atoms with Crippen molar-refractivity contribution in [1.29, 1.82) is 0 Å². The SMILES string of the molecule is Cc1nn(C)c(C)c1C(=O)Nc1cnc(N2CCCCC2)nc1N(C)C. The number of aryl methyl sites for hydroxylation is 2. The Morgan fingerprint density at radius 3 is 2.46 bits per heavy atom. The van der Waals surface area contributed by atoms with E-state index < -0.39 is 0 Å². The predicted octanol–water partition coefficient (Wildman–Crippen LogP) is 2.14. The van der Waals surface area contributed by atoms with Gasteiger partial charge in [-0.2, -0.15) is 10.1 Å². The van der Waals surface area contributed by atoms with Crippen molar-refractivity contribution in [3.63, 3.8) is 0 Å². The van der Waals surface area contributed by atoms with E-state index in [1.165, 1.54) is 19.3 Å². The Kier molecular flexibility index (Phi) is 5.11. The molecule has 140 valence electrons. The molecule has 2 aromatic rings. The summed E-state index contributed by atoms with van der Waals surface area (Å²) in [5.74, 6) is 1.23. The molecule has 0 aromatic carbocycles. The van der Waals surface area contributed by atoms with Crippen molar-refractivity contribution in [3.05, 3.63) is 23.1 Å². The van der Waals surface area contributed by atoms with E-state index in [-0.39, 0.29) is 5.91 Å². The first-order valence-corrected chi connectivity index (χ1v) is 8.99. The Morgan fingerprint density at radius 1 is 1.19 bits per heavy atom. The van der Waals surface area contributed by atoms with E-state index in [1.54, 1.807) is 10.9 Å². The molecule has 0 saturated carbocycles. The summed E-state index contributed by atoms with van der Waals surface area (Å²) in [5, 5.41) is 7.27. The van der Waals surface area contributed by atoms with Crippen molar-refractivity contribution in [2.45, 2.75) is 33.1 Å². The third kappa shape index (κ3) is 3.49. The van der Waals surface area contributed by atoms with Crippen molar-refractivity contribution in [3.8, 4) is 0 Å². The molecule has 0 atom stereocenters. The van der Waals surface area contributed by atoms with Crippen LogP contribution in [0.15, 0.2) is 6.20 Å². The van der Waals surface area contributed by atoms with Crippen LogP contribution in [0.4, 0.5) is 17.5 Å². The van der Waals surface area contributed by atoms with Gasteiger partial charge in [0.25, 0.3) is 5.91 Å². The van der Waals surface area contributed by atoms with Crippen molar-refractivity contribution in [2.24, 2.45) is 7.05 Å². The highest BCUT2D eigenvalue weighted by Gasteiger charge is 2.21. The van der Waals surface area contributed by atoms with Gasteiger partial charge in [0.1, 0.15) is 5.69 Å². The van der Waals surface area contributed by atoms with Crippen LogP contribution in [0.2, 0.25) is 0 Å². The minimum atomic E-state index is -0.189. The summed E-state index contributed by atoms with van der Waals surface area (Å²) in [6, 6.07) is 0. The third-order valence-corrected chi connectivity index (χ3v) is 4.80. The lowest BCUT2D eigenvalue weighted by Gasteiger charge is -2.28. The summed E-state index contributed by atoms with van der Waals surface area (Å²) in [6.07, 6.45) is 5.29. The van der Waals surface area contributed by atoms with Gasteiger partial charge in [0.05, 0.1) is 17.5 Å². The lowest BCUT2D eigenvalue weighted by molar-refractivity contribution is 0.102. The highest BCUT2D eigenvalue weighted by atomic mass is 16.1. The maximum absolute atomic E-state index is 12.8. The smallest absolute Gasteiger partial charge is 0.259 e. The van der Waals surface area contributed by atoms with E-state index >= 15 is 0 Å². The van der Waals surface area contributed by atoms with Crippen LogP contribution in [0.3, 0.4) is 0 Å². The average Bonchev–Trinajstić information content (AvgIpc) is 2.88. The Bertz CT molecular complexity index is 806. The molecule has 1 aliphatic rings. The number of hydrogen-bond acceptors (Lipinski definition) is 6. The highest BCUT2D eigenvalue weighted by molar-refractivity contribution is 6.07. The lowest BCUT2D eigenvalue weighted by atomic mass is 10.1. The molecule has 8 nitrogen and oxygen atoms in total. The molecule has 1 saturated heterocycles. The van der Waals surface area contributed by atoms with E-state index in [4.69, 9.17) is 4.98 Å². The summed E-state index contributed by atoms with van der Waals surface area (Å²) in [5.41, 5.74) is 2.73. The Labute approximate surface area is 154 Å². The first-order valence-electron chi connectivity index (χ1n) is 8.99. The molecule has 8 heteroatoms. The summed E-state index contributed by atoms with van der Waals surface area (Å²) in [6.45, 7) is 5.68. The zero-order valence-corrected chi connectivity index (χ0v) is 16.2. The van der Waals surface area contributed by atoms with Crippen molar-refractivity contribution in [2.75, 3.05) is 42.3 Å². The van der Waals surface area contributed by atoms with Gasteiger partial charge in [-0.25, -0.2) is 4.98 Å². The highest BCUT2D eigenvalue weighted by Crippen LogP contribution is 2.26. The van der Waals surface area contributed by atoms with Gasteiger partial charge in [0.2, 0.25) is 5.95 Å². The molecule has 0 unspecified atom stereocenters. The number of anilines is 3. The van der Waals surface area contributed by atoms with Gasteiger partial charge < -0.3 is 15.1 Å². The fourth-order valence-electron chi connectivity index (χ4n) is 3.33. The van der Waals surface area contributed by atoms with Crippen LogP contribution in [0.1, 0.15) is 41.0 Å². The van der Waals surface area contributed by atoms with Gasteiger partial charge in [-0.3, -0.25) is 9.48 Å². The van der Waals surface area contributed by atoms with E-state index in [1.807, 2.05) is 39.9 Å². The summed E-state index contributed by atoms with van der Waals surface area (Å²) >= 11 is 0. The van der Waals surface area contributed by atoms with Gasteiger partial charge in [-0.1, -0.05) is 0 Å². The van der Waals surface area contributed by atoms with Crippen LogP contribution in [0.25, 0.3) is 0 Å². The third-order valence-electron chi connectivity index (χ3n) is 4.80. The van der Waals surface area contributed by atoms with Crippen molar-refractivity contribution >= 4 is 23.4 Å². The minimum Gasteiger partial charge on any atom is -0.361 e. The van der Waals surface area contributed by atoms with Crippen LogP contribution >= 0.6 is 0 Å². The van der Waals surface area contributed by atoms with Gasteiger partial charge in [-0.15, -0.1) is 0 Å². The number of nitrogens with one attached hydrogen (secondary N) is 1. The van der Waals surface area contributed by atoms with Crippen LogP contribution < -0.4 is 15.1 Å². The molecule has 0 spiro atoms. The summed E-state index contributed by atoms with van der Waals surface area (Å²) < 4.78 is 1.72. The second kappa shape index (κ2) is 7.31. The predicted molar refractivity (Wildman–Crippen MR) is 103 cm³/mol. The number of amides is 1. The van der Waals surface area contributed by atoms with Crippen LogP contribution in [0, 0.1) is 13.8 Å². The molecule has 1 fully saturated rings. The second-order valence-electron chi connectivity index (χ2n) is 6.97. The van der Waals surface area contributed by atoms with Gasteiger partial charge in [-0.05, 0) is 33.1 Å². The molecule has 0 aliphatic carbocycles. The molecule has 3 rings (SSSR count). The fraction of sp³-hybridized carbons (Fsp3) is 0.556. The fourth-order valence-corrected chi connectivity index (χ4v) is 3.33. The molecular weight excluding hydrogens is 330 g/mol. The number of nitrogens with zero attached hydrogens (tertiary/aromatic N) is 6. The van der Waals surface area contributed by atoms with Crippen LogP contribution in [0.5, 0.6) is 0 Å². The lowest BCUT2D eigenvalue weighted by Crippen LogP contribution is -2.31. The number of carbonyl (C=O) groups excluding carboxylic acids is 1. The van der Waals surface area contributed by atoms with E-state index in [0.717, 1.165) is 24.7 Å². The van der Waals surface area contributed by atoms with Crippen molar-refractivity contribution < 1.29 is 4.79 Å². The van der Waals surface area contributed by atoms with Crippen LogP contribution in [-0.4, -0.2) is 52.8 Å². The molecule has 1 N–H and O–H groups in total. The molecule has 0 bridgehead atoms. The zero-order chi connectivity index (χ0) is 18.8. The molecule has 1 amide bonds. The summed E-state index contributed by atoms with van der Waals surface area (Å²) in [7, 11) is 5.66. The Morgan fingerprint density at radius 2 is 1.88 bits per heavy atom. The Hall–Kier alpha value is -2.64. The average molecular weight is 357 g/mol. The Balaban J connectivity index is 1.88. The number of piperidine rings is 1. The molecule has 0 radical (unpaired) electrons. The quantitative estimate of drug-likeness (QED) is 0.903. The van der Waals surface area contributed by atoms with E-state index in [2.05, 4.69) is 20.3 Å². The number of aromatic nitrogens is 4. The van der Waals surface area contributed by atoms with Gasteiger partial charge in [0, 0.05) is 39.9 Å². The number of rotatable bonds is 4. The molecule has 1 aliphatic heterocycles. The first-order chi connectivity index (χ1) is 12.4. The molecule has 2 aromatic heterocycles. The number of hydrogen-bond donors (Lipinski definition) is 1. The van der Waals surface area contributed by atoms with Crippen molar-refractivity contribution in [1.82, 2.24) is 19.7 Å². The minimum absolute atomic E-state index is 0.189.